The van der Waals surface area contributed by atoms with Crippen LogP contribution in [-0.2, 0) is 0 Å². The van der Waals surface area contributed by atoms with Gasteiger partial charge in [-0.15, -0.1) is 11.3 Å². The van der Waals surface area contributed by atoms with Gasteiger partial charge >= 0.3 is 0 Å². The van der Waals surface area contributed by atoms with Gasteiger partial charge in [0.25, 0.3) is 0 Å². The summed E-state index contributed by atoms with van der Waals surface area (Å²) >= 11 is 1.10. The topological polar surface area (TPSA) is 41.6 Å². The van der Waals surface area contributed by atoms with Crippen LogP contribution in [0.1, 0.15) is 0 Å². The summed E-state index contributed by atoms with van der Waals surface area (Å²) in [6, 6.07) is 7.01. The van der Waals surface area contributed by atoms with E-state index in [-0.39, 0.29) is 5.13 Å². The molecule has 0 aromatic carbocycles. The summed E-state index contributed by atoms with van der Waals surface area (Å²) in [5.41, 5.74) is 2.80. The first-order valence-electron chi connectivity index (χ1n) is 5.04. The molecule has 0 saturated carbocycles. The van der Waals surface area contributed by atoms with E-state index in [9.17, 15) is 4.39 Å². The number of H-pyrrole nitrogens is 1. The van der Waals surface area contributed by atoms with E-state index < -0.39 is 0 Å². The molecule has 0 atom stereocenters. The predicted octanol–water partition coefficient (Wildman–Crippen LogP) is 3.34. The molecule has 3 rings (SSSR count). The Morgan fingerprint density at radius 3 is 2.65 bits per heavy atom. The highest BCUT2D eigenvalue weighted by Crippen LogP contribution is 2.33. The fourth-order valence-electron chi connectivity index (χ4n) is 1.67. The normalized spacial score (nSPS) is 10.6. The fourth-order valence-corrected chi connectivity index (χ4v) is 2.41. The molecule has 0 aliphatic carbocycles. The zero-order chi connectivity index (χ0) is 11.7. The summed E-state index contributed by atoms with van der Waals surface area (Å²) in [6.07, 6.45) is 5.19. The van der Waals surface area contributed by atoms with Gasteiger partial charge in [0, 0.05) is 18.0 Å². The van der Waals surface area contributed by atoms with E-state index in [1.54, 1.807) is 24.7 Å². The molecule has 0 spiro atoms. The molecule has 84 valence electrons. The molecule has 3 nitrogen and oxygen atoms in total. The lowest BCUT2D eigenvalue weighted by Gasteiger charge is -1.99. The Kier molecular flexibility index (Phi) is 2.45. The van der Waals surface area contributed by atoms with E-state index in [1.807, 2.05) is 12.1 Å². The summed E-state index contributed by atoms with van der Waals surface area (Å²) in [6.45, 7) is 0. The van der Waals surface area contributed by atoms with Crippen LogP contribution in [0.2, 0.25) is 0 Å². The minimum Gasteiger partial charge on any atom is -0.276 e. The number of nitrogens with one attached hydrogen (secondary N) is 1. The maximum Gasteiger partial charge on any atom is 0.177 e. The molecule has 0 bridgehead atoms. The van der Waals surface area contributed by atoms with E-state index in [0.717, 1.165) is 33.0 Å². The standard InChI is InChI=1S/C12H8FN3S/c13-11-2-1-10(17-11)12-9(7-15-16-12)8-3-5-14-6-4-8/h1-7H,(H,15,16). The second-order valence-electron chi connectivity index (χ2n) is 3.50. The second kappa shape index (κ2) is 4.10. The van der Waals surface area contributed by atoms with Crippen molar-refractivity contribution in [1.29, 1.82) is 0 Å². The highest BCUT2D eigenvalue weighted by atomic mass is 32.1. The van der Waals surface area contributed by atoms with Crippen LogP contribution in [0.3, 0.4) is 0 Å². The molecule has 3 aromatic rings. The van der Waals surface area contributed by atoms with Gasteiger partial charge in [0.05, 0.1) is 16.8 Å². The van der Waals surface area contributed by atoms with E-state index in [1.165, 1.54) is 6.07 Å². The van der Waals surface area contributed by atoms with E-state index in [4.69, 9.17) is 0 Å². The molecule has 17 heavy (non-hydrogen) atoms. The molecule has 1 N–H and O–H groups in total. The van der Waals surface area contributed by atoms with Crippen LogP contribution < -0.4 is 0 Å². The lowest BCUT2D eigenvalue weighted by molar-refractivity contribution is 0.657. The van der Waals surface area contributed by atoms with Crippen LogP contribution in [0.4, 0.5) is 4.39 Å². The van der Waals surface area contributed by atoms with Gasteiger partial charge in [-0.25, -0.2) is 0 Å². The van der Waals surface area contributed by atoms with E-state index in [0.29, 0.717) is 0 Å². The zero-order valence-corrected chi connectivity index (χ0v) is 9.54. The molecule has 0 fully saturated rings. The lowest BCUT2D eigenvalue weighted by atomic mass is 10.1. The monoisotopic (exact) mass is 245 g/mol. The largest absolute Gasteiger partial charge is 0.276 e. The van der Waals surface area contributed by atoms with Gasteiger partial charge in [-0.1, -0.05) is 0 Å². The lowest BCUT2D eigenvalue weighted by Crippen LogP contribution is -1.79. The quantitative estimate of drug-likeness (QED) is 0.752. The van der Waals surface area contributed by atoms with E-state index >= 15 is 0 Å². The van der Waals surface area contributed by atoms with Crippen LogP contribution in [0.5, 0.6) is 0 Å². The number of rotatable bonds is 2. The first-order chi connectivity index (χ1) is 8.34. The Morgan fingerprint density at radius 2 is 1.94 bits per heavy atom. The van der Waals surface area contributed by atoms with Gasteiger partial charge in [0.2, 0.25) is 0 Å². The Bertz CT molecular complexity index is 630. The van der Waals surface area contributed by atoms with Gasteiger partial charge in [-0.3, -0.25) is 10.1 Å². The predicted molar refractivity (Wildman–Crippen MR) is 65.1 cm³/mol. The van der Waals surface area contributed by atoms with Crippen LogP contribution in [-0.4, -0.2) is 15.2 Å². The summed E-state index contributed by atoms with van der Waals surface area (Å²) in [7, 11) is 0. The van der Waals surface area contributed by atoms with Crippen molar-refractivity contribution < 1.29 is 4.39 Å². The highest BCUT2D eigenvalue weighted by molar-refractivity contribution is 7.13. The fraction of sp³-hybridized carbons (Fsp3) is 0. The zero-order valence-electron chi connectivity index (χ0n) is 8.72. The number of halogens is 1. The van der Waals surface area contributed by atoms with Crippen molar-refractivity contribution in [3.05, 3.63) is 48.0 Å². The molecule has 0 amide bonds. The number of aromatic amines is 1. The minimum absolute atomic E-state index is 0.199. The molecule has 0 aliphatic rings. The molecule has 0 radical (unpaired) electrons. The SMILES string of the molecule is Fc1ccc(-c2[nH]ncc2-c2ccncc2)s1. The molecular weight excluding hydrogens is 237 g/mol. The van der Waals surface area contributed by atoms with Crippen molar-refractivity contribution >= 4 is 11.3 Å². The summed E-state index contributed by atoms with van der Waals surface area (Å²) in [4.78, 5) is 4.81. The average Bonchev–Trinajstić information content (AvgIpc) is 2.98. The number of aromatic nitrogens is 3. The molecule has 3 aromatic heterocycles. The number of hydrogen-bond acceptors (Lipinski definition) is 3. The Hall–Kier alpha value is -2.01. The van der Waals surface area contributed by atoms with Gasteiger partial charge in [0.15, 0.2) is 5.13 Å². The van der Waals surface area contributed by atoms with Crippen molar-refractivity contribution in [2.24, 2.45) is 0 Å². The molecule has 3 heterocycles. The number of nitrogens with zero attached hydrogens (tertiary/aromatic N) is 2. The van der Waals surface area contributed by atoms with E-state index in [2.05, 4.69) is 15.2 Å². The highest BCUT2D eigenvalue weighted by Gasteiger charge is 2.11. The van der Waals surface area contributed by atoms with Crippen molar-refractivity contribution in [3.63, 3.8) is 0 Å². The third-order valence-electron chi connectivity index (χ3n) is 2.45. The van der Waals surface area contributed by atoms with Crippen molar-refractivity contribution in [2.45, 2.75) is 0 Å². The van der Waals surface area contributed by atoms with Crippen LogP contribution >= 0.6 is 11.3 Å². The van der Waals surface area contributed by atoms with Crippen LogP contribution in [0, 0.1) is 5.13 Å². The maximum absolute atomic E-state index is 13.0. The Balaban J connectivity index is 2.12. The van der Waals surface area contributed by atoms with Crippen LogP contribution in [0.25, 0.3) is 21.7 Å². The molecule has 0 saturated heterocycles. The van der Waals surface area contributed by atoms with Gasteiger partial charge < -0.3 is 0 Å². The number of thiophene rings is 1. The molecule has 0 aliphatic heterocycles. The summed E-state index contributed by atoms with van der Waals surface area (Å²) in [5.74, 6) is 0. The summed E-state index contributed by atoms with van der Waals surface area (Å²) < 4.78 is 13.0. The number of hydrogen-bond donors (Lipinski definition) is 1. The maximum atomic E-state index is 13.0. The first-order valence-corrected chi connectivity index (χ1v) is 5.86. The molecular formula is C12H8FN3S. The van der Waals surface area contributed by atoms with Gasteiger partial charge in [-0.2, -0.15) is 9.49 Å². The van der Waals surface area contributed by atoms with Crippen molar-refractivity contribution in [2.75, 3.05) is 0 Å². The molecule has 5 heteroatoms. The third-order valence-corrected chi connectivity index (χ3v) is 3.34. The summed E-state index contributed by atoms with van der Waals surface area (Å²) in [5, 5.41) is 6.73. The minimum atomic E-state index is -0.199. The molecule has 0 unspecified atom stereocenters. The average molecular weight is 245 g/mol. The van der Waals surface area contributed by atoms with Gasteiger partial charge in [-0.05, 0) is 29.8 Å². The second-order valence-corrected chi connectivity index (χ2v) is 4.53. The Labute approximate surface area is 101 Å². The van der Waals surface area contributed by atoms with Crippen LogP contribution in [0.15, 0.2) is 42.9 Å². The first kappa shape index (κ1) is 10.2. The third kappa shape index (κ3) is 1.85. The van der Waals surface area contributed by atoms with Crippen molar-refractivity contribution in [1.82, 2.24) is 15.2 Å². The smallest absolute Gasteiger partial charge is 0.177 e. The Morgan fingerprint density at radius 1 is 1.12 bits per heavy atom. The number of pyridine rings is 1. The van der Waals surface area contributed by atoms with Crippen molar-refractivity contribution in [3.8, 4) is 21.7 Å². The van der Waals surface area contributed by atoms with Gasteiger partial charge in [0.1, 0.15) is 0 Å².